The molecule has 0 unspecified atom stereocenters. The predicted octanol–water partition coefficient (Wildman–Crippen LogP) is 3.15. The van der Waals surface area contributed by atoms with E-state index in [1.807, 2.05) is 12.1 Å². The van der Waals surface area contributed by atoms with E-state index < -0.39 is 0 Å². The van der Waals surface area contributed by atoms with E-state index in [-0.39, 0.29) is 30.4 Å². The van der Waals surface area contributed by atoms with Gasteiger partial charge in [-0.1, -0.05) is 24.3 Å². The minimum atomic E-state index is -0.0888. The van der Waals surface area contributed by atoms with Crippen LogP contribution in [0.2, 0.25) is 0 Å². The lowest BCUT2D eigenvalue weighted by Gasteiger charge is -2.17. The van der Waals surface area contributed by atoms with Crippen molar-refractivity contribution in [3.8, 4) is 0 Å². The average Bonchev–Trinajstić information content (AvgIpc) is 3.02. The maximum Gasteiger partial charge on any atom is 0.220 e. The molecule has 1 amide bonds. The second-order valence-corrected chi connectivity index (χ2v) is 6.99. The van der Waals surface area contributed by atoms with E-state index >= 15 is 0 Å². The lowest BCUT2D eigenvalue weighted by atomic mass is 10.1. The van der Waals surface area contributed by atoms with E-state index in [0.717, 1.165) is 18.4 Å². The first-order chi connectivity index (χ1) is 10.1. The van der Waals surface area contributed by atoms with Crippen LogP contribution in [0.1, 0.15) is 33.3 Å². The van der Waals surface area contributed by atoms with Gasteiger partial charge in [0.15, 0.2) is 0 Å². The molecule has 0 radical (unpaired) electrons. The normalized spacial score (nSPS) is 19.4. The van der Waals surface area contributed by atoms with Crippen LogP contribution in [0.3, 0.4) is 0 Å². The largest absolute Gasteiger partial charge is 0.351 e. The van der Waals surface area contributed by atoms with Crippen LogP contribution in [0.4, 0.5) is 0 Å². The first-order valence-corrected chi connectivity index (χ1v) is 8.13. The molecule has 0 bridgehead atoms. The number of fused-ring (bicyclic) bond motifs is 1. The van der Waals surface area contributed by atoms with Gasteiger partial charge in [-0.3, -0.25) is 4.79 Å². The summed E-state index contributed by atoms with van der Waals surface area (Å²) >= 11 is 1.76. The monoisotopic (exact) mass is 336 g/mol. The van der Waals surface area contributed by atoms with E-state index in [2.05, 4.69) is 36.5 Å². The van der Waals surface area contributed by atoms with Crippen molar-refractivity contribution in [1.82, 2.24) is 5.32 Å². The van der Waals surface area contributed by atoms with Gasteiger partial charge < -0.3 is 11.1 Å². The van der Waals surface area contributed by atoms with E-state index in [1.165, 1.54) is 15.3 Å². The minimum absolute atomic E-state index is 0. The zero-order chi connectivity index (χ0) is 14.8. The third kappa shape index (κ3) is 3.69. The number of hydrogen-bond acceptors (Lipinski definition) is 3. The van der Waals surface area contributed by atoms with Gasteiger partial charge >= 0.3 is 0 Å². The van der Waals surface area contributed by atoms with Gasteiger partial charge in [0.2, 0.25) is 5.91 Å². The van der Waals surface area contributed by atoms with Crippen molar-refractivity contribution in [2.24, 2.45) is 5.73 Å². The van der Waals surface area contributed by atoms with E-state index in [4.69, 9.17) is 5.73 Å². The smallest absolute Gasteiger partial charge is 0.220 e. The number of nitrogens with two attached hydrogens (primary N) is 1. The number of nitrogens with one attached hydrogen (secondary N) is 1. The summed E-state index contributed by atoms with van der Waals surface area (Å²) in [5.41, 5.74) is 8.65. The minimum Gasteiger partial charge on any atom is -0.351 e. The first-order valence-electron chi connectivity index (χ1n) is 7.31. The maximum atomic E-state index is 12.1. The van der Waals surface area contributed by atoms with Crippen LogP contribution in [-0.2, 0) is 17.6 Å². The summed E-state index contributed by atoms with van der Waals surface area (Å²) < 4.78 is 0. The molecular weight excluding hydrogens is 316 g/mol. The molecule has 1 aliphatic carbocycles. The fraction of sp³-hybridized carbons (Fsp3) is 0.353. The van der Waals surface area contributed by atoms with Crippen LogP contribution < -0.4 is 11.1 Å². The predicted molar refractivity (Wildman–Crippen MR) is 93.6 cm³/mol. The molecule has 0 saturated heterocycles. The Bertz CT molecular complexity index is 656. The lowest BCUT2D eigenvalue weighted by molar-refractivity contribution is -0.121. The summed E-state index contributed by atoms with van der Waals surface area (Å²) in [6, 6.07) is 12.3. The summed E-state index contributed by atoms with van der Waals surface area (Å²) in [7, 11) is 0. The maximum absolute atomic E-state index is 12.1. The third-order valence-electron chi connectivity index (χ3n) is 4.03. The number of rotatable bonds is 4. The fourth-order valence-corrected chi connectivity index (χ4v) is 3.79. The van der Waals surface area contributed by atoms with Gasteiger partial charge in [-0.2, -0.15) is 0 Å². The molecule has 2 aromatic rings. The highest BCUT2D eigenvalue weighted by Crippen LogP contribution is 2.29. The quantitative estimate of drug-likeness (QED) is 0.901. The Morgan fingerprint density at radius 2 is 2.09 bits per heavy atom. The SMILES string of the molecule is Cc1ccc(CCC(=O)N[C@@H]2Cc3ccccc3[C@H]2N)s1.Cl. The van der Waals surface area contributed by atoms with Crippen molar-refractivity contribution in [3.05, 3.63) is 57.3 Å². The second-order valence-electron chi connectivity index (χ2n) is 5.62. The Balaban J connectivity index is 0.00000176. The Morgan fingerprint density at radius 1 is 1.32 bits per heavy atom. The van der Waals surface area contributed by atoms with Crippen LogP contribution in [0.25, 0.3) is 0 Å². The van der Waals surface area contributed by atoms with Crippen molar-refractivity contribution >= 4 is 29.7 Å². The number of carbonyl (C=O) groups is 1. The van der Waals surface area contributed by atoms with Crippen molar-refractivity contribution in [3.63, 3.8) is 0 Å². The highest BCUT2D eigenvalue weighted by atomic mass is 35.5. The number of benzene rings is 1. The molecule has 0 spiro atoms. The molecule has 5 heteroatoms. The summed E-state index contributed by atoms with van der Waals surface area (Å²) in [6.45, 7) is 2.09. The van der Waals surface area contributed by atoms with Crippen molar-refractivity contribution in [1.29, 1.82) is 0 Å². The van der Waals surface area contributed by atoms with E-state index in [1.54, 1.807) is 11.3 Å². The molecule has 1 aromatic carbocycles. The van der Waals surface area contributed by atoms with Gasteiger partial charge in [0.25, 0.3) is 0 Å². The lowest BCUT2D eigenvalue weighted by Crippen LogP contribution is -2.40. The molecule has 22 heavy (non-hydrogen) atoms. The summed E-state index contributed by atoms with van der Waals surface area (Å²) in [5.74, 6) is 0.0920. The number of aryl methyl sites for hydroxylation is 2. The Kier molecular flexibility index (Phi) is 5.62. The molecule has 0 aliphatic heterocycles. The molecule has 1 aliphatic rings. The number of thiophene rings is 1. The van der Waals surface area contributed by atoms with Crippen LogP contribution in [0.15, 0.2) is 36.4 Å². The number of carbonyl (C=O) groups excluding carboxylic acids is 1. The zero-order valence-corrected chi connectivity index (χ0v) is 14.2. The van der Waals surface area contributed by atoms with Crippen LogP contribution in [0.5, 0.6) is 0 Å². The van der Waals surface area contributed by atoms with E-state index in [9.17, 15) is 4.79 Å². The first kappa shape index (κ1) is 17.0. The highest BCUT2D eigenvalue weighted by molar-refractivity contribution is 7.11. The van der Waals surface area contributed by atoms with Crippen molar-refractivity contribution in [2.45, 2.75) is 38.3 Å². The van der Waals surface area contributed by atoms with Gasteiger partial charge in [-0.05, 0) is 43.0 Å². The molecule has 1 heterocycles. The standard InChI is InChI=1S/C17H20N2OS.ClH/c1-11-6-7-13(21-11)8-9-16(20)19-15-10-12-4-2-3-5-14(12)17(15)18;/h2-7,15,17H,8-10,18H2,1H3,(H,19,20);1H/t15-,17-;/m1./s1. The zero-order valence-electron chi connectivity index (χ0n) is 12.5. The summed E-state index contributed by atoms with van der Waals surface area (Å²) in [5, 5.41) is 3.09. The Hall–Kier alpha value is -1.36. The summed E-state index contributed by atoms with van der Waals surface area (Å²) in [6.07, 6.45) is 2.17. The van der Waals surface area contributed by atoms with Crippen molar-refractivity contribution < 1.29 is 4.79 Å². The summed E-state index contributed by atoms with van der Waals surface area (Å²) in [4.78, 5) is 14.7. The van der Waals surface area contributed by atoms with Crippen molar-refractivity contribution in [2.75, 3.05) is 0 Å². The second kappa shape index (κ2) is 7.27. The number of halogens is 1. The fourth-order valence-electron chi connectivity index (χ4n) is 2.90. The molecule has 0 fully saturated rings. The number of hydrogen-bond donors (Lipinski definition) is 2. The topological polar surface area (TPSA) is 55.1 Å². The third-order valence-corrected chi connectivity index (χ3v) is 5.09. The molecule has 3 rings (SSSR count). The van der Waals surface area contributed by atoms with Gasteiger partial charge in [-0.25, -0.2) is 0 Å². The van der Waals surface area contributed by atoms with E-state index in [0.29, 0.717) is 6.42 Å². The van der Waals surface area contributed by atoms with Crippen LogP contribution >= 0.6 is 23.7 Å². The number of amides is 1. The molecule has 3 nitrogen and oxygen atoms in total. The molecular formula is C17H21ClN2OS. The molecule has 2 atom stereocenters. The van der Waals surface area contributed by atoms with Crippen LogP contribution in [0, 0.1) is 6.92 Å². The van der Waals surface area contributed by atoms with Crippen LogP contribution in [-0.4, -0.2) is 11.9 Å². The van der Waals surface area contributed by atoms with Gasteiger partial charge in [0.05, 0.1) is 12.1 Å². The van der Waals surface area contributed by atoms with Gasteiger partial charge in [0.1, 0.15) is 0 Å². The molecule has 118 valence electrons. The Morgan fingerprint density at radius 3 is 2.77 bits per heavy atom. The molecule has 3 N–H and O–H groups in total. The van der Waals surface area contributed by atoms with Gasteiger partial charge in [-0.15, -0.1) is 23.7 Å². The molecule has 1 aromatic heterocycles. The highest BCUT2D eigenvalue weighted by Gasteiger charge is 2.30. The molecule has 0 saturated carbocycles. The Labute approximate surface area is 141 Å². The van der Waals surface area contributed by atoms with Gasteiger partial charge in [0, 0.05) is 16.2 Å². The average molecular weight is 337 g/mol.